The van der Waals surface area contributed by atoms with E-state index >= 15 is 0 Å². The summed E-state index contributed by atoms with van der Waals surface area (Å²) in [6.07, 6.45) is 0. The highest BCUT2D eigenvalue weighted by Gasteiger charge is 2.49. The van der Waals surface area contributed by atoms with Gasteiger partial charge in [-0.05, 0) is 88.4 Å². The van der Waals surface area contributed by atoms with E-state index in [0.717, 1.165) is 0 Å². The lowest BCUT2D eigenvalue weighted by molar-refractivity contribution is 0.157. The van der Waals surface area contributed by atoms with Gasteiger partial charge in [0.15, 0.2) is 0 Å². The molecular formula is C36H38O8P2. The summed E-state index contributed by atoms with van der Waals surface area (Å²) in [6, 6.07) is 41.8. The lowest BCUT2D eigenvalue weighted by Gasteiger charge is -2.33. The van der Waals surface area contributed by atoms with E-state index in [0.29, 0.717) is 28.7 Å². The Bertz CT molecular complexity index is 1690. The number of hydrogen-bond donors (Lipinski definition) is 1. The monoisotopic (exact) mass is 660 g/mol. The van der Waals surface area contributed by atoms with Crippen LogP contribution in [0.5, 0.6) is 34.5 Å². The van der Waals surface area contributed by atoms with Gasteiger partial charge in [-0.25, -0.2) is 9.13 Å². The molecule has 5 aromatic rings. The molecular weight excluding hydrogens is 622 g/mol. The number of hydrogen-bond acceptors (Lipinski definition) is 8. The summed E-state index contributed by atoms with van der Waals surface area (Å²) in [6.45, 7) is 6.80. The van der Waals surface area contributed by atoms with Gasteiger partial charge in [0.1, 0.15) is 34.5 Å². The second-order valence-electron chi connectivity index (χ2n) is 10.8. The number of para-hydroxylation sites is 4. The molecule has 0 aromatic heterocycles. The van der Waals surface area contributed by atoms with Crippen LogP contribution in [0, 0.1) is 0 Å². The van der Waals surface area contributed by atoms with E-state index < -0.39 is 26.2 Å². The Balaban J connectivity index is 0.000000606. The summed E-state index contributed by atoms with van der Waals surface area (Å²) in [7, 11) is -7.58. The summed E-state index contributed by atoms with van der Waals surface area (Å²) < 4.78 is 57.8. The van der Waals surface area contributed by atoms with Gasteiger partial charge in [-0.1, -0.05) is 78.9 Å². The fourth-order valence-electron chi connectivity index (χ4n) is 3.85. The van der Waals surface area contributed by atoms with Crippen molar-refractivity contribution >= 4 is 15.2 Å². The van der Waals surface area contributed by atoms with Crippen LogP contribution in [-0.4, -0.2) is 16.1 Å². The van der Waals surface area contributed by atoms with E-state index in [9.17, 15) is 9.13 Å². The molecule has 1 atom stereocenters. The summed E-state index contributed by atoms with van der Waals surface area (Å²) in [5, 5.41) is 7.19. The van der Waals surface area contributed by atoms with Crippen LogP contribution in [0.3, 0.4) is 0 Å². The Morgan fingerprint density at radius 1 is 0.522 bits per heavy atom. The minimum Gasteiger partial charge on any atom is -0.508 e. The fraction of sp³-hybridized carbons (Fsp3) is 0.167. The maximum Gasteiger partial charge on any atom is 0.473 e. The van der Waals surface area contributed by atoms with Gasteiger partial charge in [0.05, 0.1) is 5.66 Å². The van der Waals surface area contributed by atoms with Crippen LogP contribution in [0.15, 0.2) is 146 Å². The number of phenolic OH excluding ortho intramolecular Hbond substituents is 1. The number of benzene rings is 5. The van der Waals surface area contributed by atoms with E-state index in [1.54, 1.807) is 149 Å². The molecule has 1 N–H and O–H groups in total. The third-order valence-electron chi connectivity index (χ3n) is 6.37. The van der Waals surface area contributed by atoms with Gasteiger partial charge in [-0.3, -0.25) is 0 Å². The second-order valence-corrected chi connectivity index (χ2v) is 15.7. The van der Waals surface area contributed by atoms with Crippen LogP contribution >= 0.6 is 15.2 Å². The van der Waals surface area contributed by atoms with Crippen molar-refractivity contribution in [2.45, 2.75) is 38.7 Å². The van der Waals surface area contributed by atoms with Gasteiger partial charge in [0.2, 0.25) is 5.34 Å². The van der Waals surface area contributed by atoms with Crippen LogP contribution in [0.25, 0.3) is 0 Å². The normalized spacial score (nSPS) is 12.5. The topological polar surface area (TPSA) is 101 Å². The summed E-state index contributed by atoms with van der Waals surface area (Å²) in [5.41, 5.74) is -0.419. The Hall–Kier alpha value is -4.64. The smallest absolute Gasteiger partial charge is 0.473 e. The maximum atomic E-state index is 14.3. The highest BCUT2D eigenvalue weighted by molar-refractivity contribution is 7.56. The molecule has 0 fully saturated rings. The first kappa shape index (κ1) is 34.2. The van der Waals surface area contributed by atoms with Crippen LogP contribution in [-0.2, 0) is 9.13 Å². The second kappa shape index (κ2) is 15.6. The van der Waals surface area contributed by atoms with Gasteiger partial charge >= 0.3 is 15.2 Å². The molecule has 0 aliphatic carbocycles. The standard InChI is InChI=1S/C30H32O7P2.C6H6O/c1-24(2)38(31,34-25-15-8-5-9-16-25)35-29-22-14-21-28(23-29)33-30(3,4)39(32,36-26-17-10-6-11-18-26)37-27-19-12-7-13-20-27;7-6-4-2-1-3-5-6/h5-24H,1-4H3;1-5,7H. The van der Waals surface area contributed by atoms with Crippen LogP contribution in [0.4, 0.5) is 0 Å². The first-order valence-electron chi connectivity index (χ1n) is 14.6. The molecule has 0 aliphatic rings. The minimum atomic E-state index is -3.99. The van der Waals surface area contributed by atoms with Gasteiger partial charge in [0, 0.05) is 6.07 Å². The van der Waals surface area contributed by atoms with E-state index in [-0.39, 0.29) is 5.75 Å². The molecule has 0 aliphatic heterocycles. The molecule has 0 heterocycles. The SMILES string of the molecule is CC(C)P(=O)(Oc1ccccc1)Oc1cccc(OC(C)(C)P(=O)(Oc2ccccc2)Oc2ccccc2)c1.Oc1ccccc1. The number of aromatic hydroxyl groups is 1. The van der Waals surface area contributed by atoms with Crippen molar-refractivity contribution in [2.75, 3.05) is 0 Å². The Kier molecular flexibility index (Phi) is 11.6. The van der Waals surface area contributed by atoms with Gasteiger partial charge in [0.25, 0.3) is 0 Å². The molecule has 10 heteroatoms. The van der Waals surface area contributed by atoms with Gasteiger partial charge in [-0.15, -0.1) is 0 Å². The average Bonchev–Trinajstić information content (AvgIpc) is 3.03. The summed E-state index contributed by atoms with van der Waals surface area (Å²) in [4.78, 5) is 0. The van der Waals surface area contributed by atoms with Crippen LogP contribution in [0.1, 0.15) is 27.7 Å². The molecule has 46 heavy (non-hydrogen) atoms. The van der Waals surface area contributed by atoms with Gasteiger partial charge < -0.3 is 27.9 Å². The number of phenols is 1. The Morgan fingerprint density at radius 2 is 0.891 bits per heavy atom. The molecule has 5 aromatic carbocycles. The minimum absolute atomic E-state index is 0.277. The highest BCUT2D eigenvalue weighted by Crippen LogP contribution is 2.60. The molecule has 8 nitrogen and oxygen atoms in total. The van der Waals surface area contributed by atoms with Crippen molar-refractivity contribution in [3.63, 3.8) is 0 Å². The summed E-state index contributed by atoms with van der Waals surface area (Å²) in [5.74, 6) is 2.12. The Labute approximate surface area is 270 Å². The zero-order chi connectivity index (χ0) is 33.0. The molecule has 0 bridgehead atoms. The molecule has 0 radical (unpaired) electrons. The fourth-order valence-corrected chi connectivity index (χ4v) is 6.62. The summed E-state index contributed by atoms with van der Waals surface area (Å²) >= 11 is 0. The molecule has 240 valence electrons. The van der Waals surface area contributed by atoms with E-state index in [4.69, 9.17) is 27.9 Å². The first-order valence-corrected chi connectivity index (χ1v) is 17.8. The first-order chi connectivity index (χ1) is 22.0. The third-order valence-corrected chi connectivity index (χ3v) is 10.9. The Morgan fingerprint density at radius 3 is 1.30 bits per heavy atom. The predicted octanol–water partition coefficient (Wildman–Crippen LogP) is 10.6. The molecule has 0 spiro atoms. The molecule has 5 rings (SSSR count). The molecule has 0 saturated heterocycles. The van der Waals surface area contributed by atoms with E-state index in [2.05, 4.69) is 0 Å². The molecule has 0 amide bonds. The lowest BCUT2D eigenvalue weighted by Crippen LogP contribution is -2.33. The maximum absolute atomic E-state index is 14.3. The predicted molar refractivity (Wildman–Crippen MR) is 181 cm³/mol. The van der Waals surface area contributed by atoms with Crippen molar-refractivity contribution < 1.29 is 37.1 Å². The average molecular weight is 661 g/mol. The number of rotatable bonds is 12. The zero-order valence-corrected chi connectivity index (χ0v) is 27.9. The van der Waals surface area contributed by atoms with Crippen molar-refractivity contribution in [3.05, 3.63) is 146 Å². The van der Waals surface area contributed by atoms with Gasteiger partial charge in [-0.2, -0.15) is 0 Å². The van der Waals surface area contributed by atoms with Crippen molar-refractivity contribution in [1.82, 2.24) is 0 Å². The largest absolute Gasteiger partial charge is 0.508 e. The van der Waals surface area contributed by atoms with Crippen molar-refractivity contribution in [1.29, 1.82) is 0 Å². The molecule has 0 saturated carbocycles. The quantitative estimate of drug-likeness (QED) is 0.132. The number of ether oxygens (including phenoxy) is 1. The van der Waals surface area contributed by atoms with Crippen molar-refractivity contribution in [2.24, 2.45) is 0 Å². The van der Waals surface area contributed by atoms with E-state index in [1.165, 1.54) is 0 Å². The van der Waals surface area contributed by atoms with Crippen molar-refractivity contribution in [3.8, 4) is 34.5 Å². The lowest BCUT2D eigenvalue weighted by atomic mass is 10.3. The van der Waals surface area contributed by atoms with Crippen LogP contribution in [0.2, 0.25) is 0 Å². The van der Waals surface area contributed by atoms with Crippen LogP contribution < -0.4 is 22.8 Å². The third kappa shape index (κ3) is 9.68. The van der Waals surface area contributed by atoms with E-state index in [1.807, 2.05) is 24.3 Å². The highest BCUT2D eigenvalue weighted by atomic mass is 31.2. The molecule has 1 unspecified atom stereocenters. The zero-order valence-electron chi connectivity index (χ0n) is 26.1.